The number of nitrogens with one attached hydrogen (secondary N) is 1. The predicted molar refractivity (Wildman–Crippen MR) is 69.1 cm³/mol. The van der Waals surface area contributed by atoms with E-state index in [4.69, 9.17) is 0 Å². The second-order valence-electron chi connectivity index (χ2n) is 4.40. The summed E-state index contributed by atoms with van der Waals surface area (Å²) in [6, 6.07) is 7.78. The smallest absolute Gasteiger partial charge is 0.406 e. The zero-order valence-electron chi connectivity index (χ0n) is 10.3. The second kappa shape index (κ2) is 4.63. The zero-order chi connectivity index (χ0) is 14.2. The van der Waals surface area contributed by atoms with E-state index in [9.17, 15) is 13.2 Å². The number of anilines is 1. The second-order valence-corrected chi connectivity index (χ2v) is 4.40. The largest absolute Gasteiger partial charge is 0.573 e. The van der Waals surface area contributed by atoms with Gasteiger partial charge < -0.3 is 14.6 Å². The first-order valence-corrected chi connectivity index (χ1v) is 5.98. The predicted octanol–water partition coefficient (Wildman–Crippen LogP) is 3.90. The Hall–Kier alpha value is -2.37. The van der Waals surface area contributed by atoms with Gasteiger partial charge in [0.05, 0.1) is 6.54 Å². The van der Waals surface area contributed by atoms with Gasteiger partial charge in [0, 0.05) is 23.8 Å². The molecule has 1 N–H and O–H groups in total. The number of fused-ring (bicyclic) bond motifs is 1. The number of hydrogen-bond acceptors (Lipinski definition) is 2. The summed E-state index contributed by atoms with van der Waals surface area (Å²) in [5.41, 5.74) is 3.00. The fraction of sp³-hybridized carbons (Fsp3) is 0.143. The molecule has 0 saturated carbocycles. The maximum atomic E-state index is 12.1. The molecule has 0 amide bonds. The number of halogens is 3. The van der Waals surface area contributed by atoms with Crippen LogP contribution in [0.4, 0.5) is 18.9 Å². The van der Waals surface area contributed by atoms with Gasteiger partial charge in [-0.1, -0.05) is 0 Å². The SMILES string of the molecule is FC(F)(F)Oc1ccc(N2C=Cc3cc[nH]c3C2)cc1. The molecule has 3 rings (SSSR count). The maximum Gasteiger partial charge on any atom is 0.573 e. The Labute approximate surface area is 113 Å². The third kappa shape index (κ3) is 2.64. The molecule has 0 unspecified atom stereocenters. The van der Waals surface area contributed by atoms with Crippen LogP contribution in [0.15, 0.2) is 42.7 Å². The first-order chi connectivity index (χ1) is 9.51. The first kappa shape index (κ1) is 12.7. The molecule has 1 aromatic carbocycles. The standard InChI is InChI=1S/C14H11F3N2O/c15-14(16,17)20-12-3-1-11(2-4-12)19-8-6-10-5-7-18-13(10)9-19/h1-8,18H,9H2. The average Bonchev–Trinajstić information content (AvgIpc) is 2.85. The molecule has 0 spiro atoms. The number of alkyl halides is 3. The highest BCUT2D eigenvalue weighted by atomic mass is 19.4. The summed E-state index contributed by atoms with van der Waals surface area (Å²) >= 11 is 0. The Morgan fingerprint density at radius 2 is 1.85 bits per heavy atom. The Balaban J connectivity index is 1.76. The third-order valence-corrected chi connectivity index (χ3v) is 3.03. The van der Waals surface area contributed by atoms with Gasteiger partial charge in [-0.25, -0.2) is 0 Å². The van der Waals surface area contributed by atoms with Gasteiger partial charge in [-0.3, -0.25) is 0 Å². The van der Waals surface area contributed by atoms with E-state index in [1.54, 1.807) is 12.1 Å². The fourth-order valence-electron chi connectivity index (χ4n) is 2.12. The molecular formula is C14H11F3N2O. The molecule has 0 bridgehead atoms. The van der Waals surface area contributed by atoms with Crippen LogP contribution < -0.4 is 9.64 Å². The van der Waals surface area contributed by atoms with Crippen molar-refractivity contribution in [3.8, 4) is 5.75 Å². The number of ether oxygens (including phenoxy) is 1. The number of hydrogen-bond donors (Lipinski definition) is 1. The molecule has 0 radical (unpaired) electrons. The topological polar surface area (TPSA) is 28.3 Å². The minimum atomic E-state index is -4.66. The quantitative estimate of drug-likeness (QED) is 0.903. The molecule has 1 aliphatic rings. The normalized spacial score (nSPS) is 14.2. The summed E-state index contributed by atoms with van der Waals surface area (Å²) in [5.74, 6) is -0.220. The van der Waals surface area contributed by atoms with E-state index in [1.165, 1.54) is 12.1 Å². The van der Waals surface area contributed by atoms with Gasteiger partial charge in [-0.15, -0.1) is 13.2 Å². The lowest BCUT2D eigenvalue weighted by Crippen LogP contribution is -2.19. The van der Waals surface area contributed by atoms with Crippen molar-refractivity contribution in [3.05, 3.63) is 54.0 Å². The van der Waals surface area contributed by atoms with E-state index in [2.05, 4.69) is 9.72 Å². The number of rotatable bonds is 2. The Morgan fingerprint density at radius 3 is 2.55 bits per heavy atom. The van der Waals surface area contributed by atoms with Crippen LogP contribution in [-0.2, 0) is 6.54 Å². The van der Waals surface area contributed by atoms with Crippen molar-refractivity contribution in [2.24, 2.45) is 0 Å². The summed E-state index contributed by atoms with van der Waals surface area (Å²) in [4.78, 5) is 5.07. The molecule has 2 heterocycles. The summed E-state index contributed by atoms with van der Waals surface area (Å²) in [5, 5.41) is 0. The molecule has 0 saturated heterocycles. The molecule has 20 heavy (non-hydrogen) atoms. The van der Waals surface area contributed by atoms with E-state index in [0.29, 0.717) is 6.54 Å². The highest BCUT2D eigenvalue weighted by molar-refractivity contribution is 5.63. The number of benzene rings is 1. The van der Waals surface area contributed by atoms with Crippen molar-refractivity contribution >= 4 is 11.8 Å². The number of nitrogens with zero attached hydrogens (tertiary/aromatic N) is 1. The highest BCUT2D eigenvalue weighted by Gasteiger charge is 2.31. The highest BCUT2D eigenvalue weighted by Crippen LogP contribution is 2.28. The molecule has 6 heteroatoms. The van der Waals surface area contributed by atoms with Crippen LogP contribution in [0.5, 0.6) is 5.75 Å². The van der Waals surface area contributed by atoms with E-state index in [1.807, 2.05) is 29.4 Å². The van der Waals surface area contributed by atoms with Crippen LogP contribution in [0.25, 0.3) is 6.08 Å². The van der Waals surface area contributed by atoms with Gasteiger partial charge in [0.1, 0.15) is 5.75 Å². The van der Waals surface area contributed by atoms with E-state index in [-0.39, 0.29) is 5.75 Å². The Kier molecular flexibility index (Phi) is 2.93. The number of aromatic amines is 1. The molecule has 0 fully saturated rings. The van der Waals surface area contributed by atoms with Crippen LogP contribution in [0.3, 0.4) is 0 Å². The average molecular weight is 280 g/mol. The molecule has 1 aromatic heterocycles. The lowest BCUT2D eigenvalue weighted by Gasteiger charge is -2.24. The van der Waals surface area contributed by atoms with Gasteiger partial charge in [-0.2, -0.15) is 0 Å². The molecule has 3 nitrogen and oxygen atoms in total. The van der Waals surface area contributed by atoms with Crippen LogP contribution in [0.2, 0.25) is 0 Å². The molecule has 2 aromatic rings. The molecule has 1 aliphatic heterocycles. The number of aromatic nitrogens is 1. The van der Waals surface area contributed by atoms with Crippen molar-refractivity contribution < 1.29 is 17.9 Å². The number of H-pyrrole nitrogens is 1. The van der Waals surface area contributed by atoms with Crippen molar-refractivity contribution in [2.75, 3.05) is 4.90 Å². The lowest BCUT2D eigenvalue weighted by atomic mass is 10.1. The molecular weight excluding hydrogens is 269 g/mol. The summed E-state index contributed by atoms with van der Waals surface area (Å²) in [6.07, 6.45) is 1.05. The van der Waals surface area contributed by atoms with Gasteiger partial charge >= 0.3 is 6.36 Å². The minimum Gasteiger partial charge on any atom is -0.406 e. The summed E-state index contributed by atoms with van der Waals surface area (Å²) in [6.45, 7) is 0.651. The fourth-order valence-corrected chi connectivity index (χ4v) is 2.12. The maximum absolute atomic E-state index is 12.1. The van der Waals surface area contributed by atoms with Crippen LogP contribution >= 0.6 is 0 Å². The van der Waals surface area contributed by atoms with Crippen LogP contribution in [0, 0.1) is 0 Å². The van der Waals surface area contributed by atoms with E-state index >= 15 is 0 Å². The third-order valence-electron chi connectivity index (χ3n) is 3.03. The van der Waals surface area contributed by atoms with Crippen molar-refractivity contribution in [3.63, 3.8) is 0 Å². The van der Waals surface area contributed by atoms with Crippen LogP contribution in [-0.4, -0.2) is 11.3 Å². The van der Waals surface area contributed by atoms with Crippen molar-refractivity contribution in [1.82, 2.24) is 4.98 Å². The summed E-state index contributed by atoms with van der Waals surface area (Å²) in [7, 11) is 0. The first-order valence-electron chi connectivity index (χ1n) is 5.98. The molecule has 0 aliphatic carbocycles. The van der Waals surface area contributed by atoms with Crippen molar-refractivity contribution in [2.45, 2.75) is 12.9 Å². The minimum absolute atomic E-state index is 0.220. The lowest BCUT2D eigenvalue weighted by molar-refractivity contribution is -0.274. The van der Waals surface area contributed by atoms with E-state index in [0.717, 1.165) is 16.9 Å². The van der Waals surface area contributed by atoms with Gasteiger partial charge in [0.25, 0.3) is 0 Å². The monoisotopic (exact) mass is 280 g/mol. The van der Waals surface area contributed by atoms with Gasteiger partial charge in [-0.05, 0) is 42.0 Å². The molecule has 0 atom stereocenters. The van der Waals surface area contributed by atoms with E-state index < -0.39 is 6.36 Å². The Bertz CT molecular complexity index is 629. The summed E-state index contributed by atoms with van der Waals surface area (Å²) < 4.78 is 40.1. The van der Waals surface area contributed by atoms with Crippen molar-refractivity contribution in [1.29, 1.82) is 0 Å². The van der Waals surface area contributed by atoms with Gasteiger partial charge in [0.2, 0.25) is 0 Å². The molecule has 104 valence electrons. The van der Waals surface area contributed by atoms with Gasteiger partial charge in [0.15, 0.2) is 0 Å². The van der Waals surface area contributed by atoms with Crippen LogP contribution in [0.1, 0.15) is 11.3 Å². The zero-order valence-corrected chi connectivity index (χ0v) is 10.3. The Morgan fingerprint density at radius 1 is 1.10 bits per heavy atom.